The molecular formula is C14H22N4O3S. The molecule has 22 heavy (non-hydrogen) atoms. The Morgan fingerprint density at radius 1 is 1.18 bits per heavy atom. The van der Waals surface area contributed by atoms with E-state index in [1.54, 1.807) is 27.8 Å². The van der Waals surface area contributed by atoms with Crippen LogP contribution in [0.4, 0.5) is 0 Å². The van der Waals surface area contributed by atoms with E-state index in [-0.39, 0.29) is 10.8 Å². The molecule has 2 aromatic heterocycles. The number of rotatable bonds is 6. The highest BCUT2D eigenvalue weighted by Crippen LogP contribution is 2.34. The molecule has 0 fully saturated rings. The van der Waals surface area contributed by atoms with E-state index < -0.39 is 10.0 Å². The minimum atomic E-state index is -3.62. The lowest BCUT2D eigenvalue weighted by molar-refractivity contribution is 0.458. The normalized spacial score (nSPS) is 12.3. The van der Waals surface area contributed by atoms with Gasteiger partial charge in [-0.3, -0.25) is 0 Å². The molecule has 0 aliphatic heterocycles. The number of unbranched alkanes of at least 4 members (excludes halogenated alkanes) is 1. The van der Waals surface area contributed by atoms with Gasteiger partial charge in [0.25, 0.3) is 5.89 Å². The third-order valence-corrected chi connectivity index (χ3v) is 5.58. The topological polar surface area (TPSA) is 92.1 Å². The number of aromatic nitrogens is 3. The molecular weight excluding hydrogens is 304 g/mol. The maximum Gasteiger partial charge on any atom is 0.250 e. The van der Waals surface area contributed by atoms with Crippen LogP contribution in [0, 0.1) is 20.8 Å². The number of hydrogen-bond donors (Lipinski definition) is 1. The third kappa shape index (κ3) is 2.93. The number of nitrogens with one attached hydrogen (secondary N) is 1. The van der Waals surface area contributed by atoms with E-state index in [0.717, 1.165) is 12.8 Å². The minimum Gasteiger partial charge on any atom is -0.421 e. The van der Waals surface area contributed by atoms with Gasteiger partial charge in [0.15, 0.2) is 0 Å². The molecule has 0 amide bonds. The molecule has 0 saturated heterocycles. The lowest BCUT2D eigenvalue weighted by atomic mass is 10.2. The standard InChI is InChI=1S/C14H22N4O3S/c1-6-7-8-18(5)22(19,20)13-10(3)15-9(2)12(13)14-17-16-11(4)21-14/h15H,6-8H2,1-5H3. The van der Waals surface area contributed by atoms with Crippen LogP contribution in [-0.2, 0) is 10.0 Å². The first kappa shape index (κ1) is 16.7. The first-order valence-corrected chi connectivity index (χ1v) is 8.69. The van der Waals surface area contributed by atoms with Crippen LogP contribution in [0.25, 0.3) is 11.5 Å². The Kier molecular flexibility index (Phi) is 4.72. The first-order valence-electron chi connectivity index (χ1n) is 7.25. The van der Waals surface area contributed by atoms with E-state index in [1.807, 2.05) is 6.92 Å². The Balaban J connectivity index is 2.56. The average Bonchev–Trinajstić information content (AvgIpc) is 2.98. The van der Waals surface area contributed by atoms with Gasteiger partial charge in [0.05, 0.1) is 5.56 Å². The Morgan fingerprint density at radius 2 is 1.86 bits per heavy atom. The second-order valence-corrected chi connectivity index (χ2v) is 7.37. The maximum absolute atomic E-state index is 12.9. The minimum absolute atomic E-state index is 0.215. The molecule has 122 valence electrons. The fourth-order valence-corrected chi connectivity index (χ4v) is 4.01. The van der Waals surface area contributed by atoms with Crippen molar-refractivity contribution < 1.29 is 12.8 Å². The fraction of sp³-hybridized carbons (Fsp3) is 0.571. The number of hydrogen-bond acceptors (Lipinski definition) is 5. The largest absolute Gasteiger partial charge is 0.421 e. The number of H-pyrrole nitrogens is 1. The summed E-state index contributed by atoms with van der Waals surface area (Å²) in [6, 6.07) is 0. The Morgan fingerprint density at radius 3 is 2.41 bits per heavy atom. The summed E-state index contributed by atoms with van der Waals surface area (Å²) in [5, 5.41) is 7.76. The van der Waals surface area contributed by atoms with Crippen LogP contribution in [0.2, 0.25) is 0 Å². The van der Waals surface area contributed by atoms with Gasteiger partial charge < -0.3 is 9.40 Å². The Labute approximate surface area is 130 Å². The van der Waals surface area contributed by atoms with Gasteiger partial charge in [-0.1, -0.05) is 13.3 Å². The first-order chi connectivity index (χ1) is 10.3. The summed E-state index contributed by atoms with van der Waals surface area (Å²) in [6.45, 7) is 7.71. The summed E-state index contributed by atoms with van der Waals surface area (Å²) < 4.78 is 32.6. The number of aromatic amines is 1. The molecule has 0 atom stereocenters. The van der Waals surface area contributed by atoms with Gasteiger partial charge in [0.2, 0.25) is 15.9 Å². The van der Waals surface area contributed by atoms with E-state index in [4.69, 9.17) is 4.42 Å². The highest BCUT2D eigenvalue weighted by Gasteiger charge is 2.31. The molecule has 8 heteroatoms. The molecule has 2 aromatic rings. The number of aryl methyl sites for hydroxylation is 3. The van der Waals surface area contributed by atoms with Crippen molar-refractivity contribution in [1.29, 1.82) is 0 Å². The highest BCUT2D eigenvalue weighted by molar-refractivity contribution is 7.89. The molecule has 0 unspecified atom stereocenters. The second kappa shape index (κ2) is 6.21. The molecule has 0 bridgehead atoms. The van der Waals surface area contributed by atoms with Gasteiger partial charge in [-0.2, -0.15) is 0 Å². The van der Waals surface area contributed by atoms with Crippen LogP contribution in [0.15, 0.2) is 9.31 Å². The lowest BCUT2D eigenvalue weighted by Gasteiger charge is -2.17. The summed E-state index contributed by atoms with van der Waals surface area (Å²) in [7, 11) is -2.02. The van der Waals surface area contributed by atoms with Gasteiger partial charge in [-0.15, -0.1) is 10.2 Å². The van der Waals surface area contributed by atoms with E-state index in [9.17, 15) is 8.42 Å². The third-order valence-electron chi connectivity index (χ3n) is 3.55. The van der Waals surface area contributed by atoms with Crippen LogP contribution in [0.1, 0.15) is 37.0 Å². The molecule has 2 heterocycles. The van der Waals surface area contributed by atoms with Crippen molar-refractivity contribution in [3.05, 3.63) is 17.3 Å². The average molecular weight is 326 g/mol. The molecule has 0 radical (unpaired) electrons. The highest BCUT2D eigenvalue weighted by atomic mass is 32.2. The zero-order valence-corrected chi connectivity index (χ0v) is 14.4. The maximum atomic E-state index is 12.9. The fourth-order valence-electron chi connectivity index (χ4n) is 2.39. The quantitative estimate of drug-likeness (QED) is 0.880. The predicted octanol–water partition coefficient (Wildman–Crippen LogP) is 2.41. The van der Waals surface area contributed by atoms with Gasteiger partial charge >= 0.3 is 0 Å². The van der Waals surface area contributed by atoms with Crippen molar-refractivity contribution in [3.8, 4) is 11.5 Å². The lowest BCUT2D eigenvalue weighted by Crippen LogP contribution is -2.28. The van der Waals surface area contributed by atoms with E-state index in [1.165, 1.54) is 4.31 Å². The van der Waals surface area contributed by atoms with E-state index in [2.05, 4.69) is 15.2 Å². The second-order valence-electron chi connectivity index (χ2n) is 5.39. The summed E-state index contributed by atoms with van der Waals surface area (Å²) in [5.74, 6) is 0.623. The molecule has 7 nitrogen and oxygen atoms in total. The summed E-state index contributed by atoms with van der Waals surface area (Å²) in [5.41, 5.74) is 1.73. The molecule has 0 aliphatic rings. The summed E-state index contributed by atoms with van der Waals surface area (Å²) in [4.78, 5) is 3.28. The van der Waals surface area contributed by atoms with Gasteiger partial charge in [-0.05, 0) is 20.3 Å². The van der Waals surface area contributed by atoms with Crippen molar-refractivity contribution in [2.75, 3.05) is 13.6 Å². The van der Waals surface area contributed by atoms with E-state index >= 15 is 0 Å². The van der Waals surface area contributed by atoms with Crippen molar-refractivity contribution in [3.63, 3.8) is 0 Å². The Bertz CT molecular complexity index is 761. The van der Waals surface area contributed by atoms with Crippen molar-refractivity contribution in [2.24, 2.45) is 0 Å². The SMILES string of the molecule is CCCCN(C)S(=O)(=O)c1c(C)[nH]c(C)c1-c1nnc(C)o1. The molecule has 0 aliphatic carbocycles. The summed E-state index contributed by atoms with van der Waals surface area (Å²) >= 11 is 0. The predicted molar refractivity (Wildman–Crippen MR) is 83.0 cm³/mol. The zero-order valence-electron chi connectivity index (χ0n) is 13.6. The van der Waals surface area contributed by atoms with Crippen molar-refractivity contribution in [1.82, 2.24) is 19.5 Å². The van der Waals surface area contributed by atoms with Crippen molar-refractivity contribution in [2.45, 2.75) is 45.4 Å². The number of sulfonamides is 1. The monoisotopic (exact) mass is 326 g/mol. The van der Waals surface area contributed by atoms with E-state index in [0.29, 0.717) is 29.4 Å². The Hall–Kier alpha value is -1.67. The molecule has 1 N–H and O–H groups in total. The van der Waals surface area contributed by atoms with Gasteiger partial charge in [-0.25, -0.2) is 12.7 Å². The van der Waals surface area contributed by atoms with Gasteiger partial charge in [0.1, 0.15) is 4.90 Å². The smallest absolute Gasteiger partial charge is 0.250 e. The molecule has 0 saturated carbocycles. The van der Waals surface area contributed by atoms with Gasteiger partial charge in [0, 0.05) is 31.9 Å². The molecule has 2 rings (SSSR count). The van der Waals surface area contributed by atoms with Crippen molar-refractivity contribution >= 4 is 10.0 Å². The van der Waals surface area contributed by atoms with Crippen LogP contribution >= 0.6 is 0 Å². The van der Waals surface area contributed by atoms with Crippen LogP contribution in [0.3, 0.4) is 0 Å². The zero-order chi connectivity index (χ0) is 16.5. The van der Waals surface area contributed by atoms with Crippen LogP contribution in [-0.4, -0.2) is 41.5 Å². The van der Waals surface area contributed by atoms with Crippen LogP contribution < -0.4 is 0 Å². The molecule has 0 spiro atoms. The molecule has 0 aromatic carbocycles. The number of nitrogens with zero attached hydrogens (tertiary/aromatic N) is 3. The summed E-state index contributed by atoms with van der Waals surface area (Å²) in [6.07, 6.45) is 1.74. The van der Waals surface area contributed by atoms with Crippen LogP contribution in [0.5, 0.6) is 0 Å².